The molecule has 0 fully saturated rings. The molecule has 2 aromatic rings. The van der Waals surface area contributed by atoms with Crippen LogP contribution in [0, 0.1) is 12.7 Å². The Kier molecular flexibility index (Phi) is 4.25. The van der Waals surface area contributed by atoms with E-state index in [0.29, 0.717) is 11.5 Å². The molecular weight excluding hydrogens is 257 g/mol. The largest absolute Gasteiger partial charge is 0.493 e. The van der Waals surface area contributed by atoms with E-state index in [1.807, 2.05) is 25.1 Å². The Bertz CT molecular complexity index is 593. The van der Waals surface area contributed by atoms with Crippen molar-refractivity contribution in [2.75, 3.05) is 14.2 Å². The van der Waals surface area contributed by atoms with E-state index in [1.54, 1.807) is 20.3 Å². The van der Waals surface area contributed by atoms with E-state index in [9.17, 15) is 4.39 Å². The van der Waals surface area contributed by atoms with E-state index in [-0.39, 0.29) is 5.82 Å². The molecule has 1 atom stereocenters. The van der Waals surface area contributed by atoms with Crippen LogP contribution in [-0.2, 0) is 0 Å². The lowest BCUT2D eigenvalue weighted by molar-refractivity contribution is 0.354. The van der Waals surface area contributed by atoms with Crippen LogP contribution in [0.1, 0.15) is 22.7 Å². The van der Waals surface area contributed by atoms with Crippen LogP contribution in [0.2, 0.25) is 0 Å². The molecule has 20 heavy (non-hydrogen) atoms. The van der Waals surface area contributed by atoms with Gasteiger partial charge in [0.2, 0.25) is 0 Å². The van der Waals surface area contributed by atoms with Crippen molar-refractivity contribution < 1.29 is 13.9 Å². The number of rotatable bonds is 4. The molecule has 0 aliphatic carbocycles. The Morgan fingerprint density at radius 2 is 1.65 bits per heavy atom. The molecule has 0 aliphatic heterocycles. The van der Waals surface area contributed by atoms with Gasteiger partial charge in [-0.1, -0.05) is 12.1 Å². The highest BCUT2D eigenvalue weighted by atomic mass is 19.1. The molecule has 0 bridgehead atoms. The van der Waals surface area contributed by atoms with Crippen molar-refractivity contribution >= 4 is 0 Å². The predicted molar refractivity (Wildman–Crippen MR) is 76.7 cm³/mol. The number of benzene rings is 2. The zero-order valence-electron chi connectivity index (χ0n) is 11.8. The first-order valence-corrected chi connectivity index (χ1v) is 6.29. The first-order chi connectivity index (χ1) is 9.55. The number of methoxy groups -OCH3 is 2. The zero-order chi connectivity index (χ0) is 14.7. The first kappa shape index (κ1) is 14.3. The number of nitrogens with two attached hydrogens (primary N) is 1. The van der Waals surface area contributed by atoms with E-state index in [0.717, 1.165) is 16.7 Å². The van der Waals surface area contributed by atoms with E-state index in [1.165, 1.54) is 12.1 Å². The molecule has 0 saturated heterocycles. The first-order valence-electron chi connectivity index (χ1n) is 6.29. The molecule has 3 nitrogen and oxygen atoms in total. The summed E-state index contributed by atoms with van der Waals surface area (Å²) in [5.41, 5.74) is 8.62. The lowest BCUT2D eigenvalue weighted by atomic mass is 9.97. The summed E-state index contributed by atoms with van der Waals surface area (Å²) in [6.07, 6.45) is 0. The van der Waals surface area contributed by atoms with Gasteiger partial charge in [-0.2, -0.15) is 0 Å². The third kappa shape index (κ3) is 2.91. The van der Waals surface area contributed by atoms with Gasteiger partial charge in [-0.15, -0.1) is 0 Å². The van der Waals surface area contributed by atoms with Gasteiger partial charge >= 0.3 is 0 Å². The average molecular weight is 275 g/mol. The highest BCUT2D eigenvalue weighted by Gasteiger charge is 2.13. The molecule has 1 unspecified atom stereocenters. The smallest absolute Gasteiger partial charge is 0.161 e. The Labute approximate surface area is 118 Å². The number of hydrogen-bond acceptors (Lipinski definition) is 3. The van der Waals surface area contributed by atoms with Crippen LogP contribution in [-0.4, -0.2) is 14.2 Å². The van der Waals surface area contributed by atoms with Gasteiger partial charge in [0.15, 0.2) is 11.5 Å². The van der Waals surface area contributed by atoms with Crippen molar-refractivity contribution in [3.63, 3.8) is 0 Å². The van der Waals surface area contributed by atoms with Gasteiger partial charge in [0.1, 0.15) is 5.82 Å². The summed E-state index contributed by atoms with van der Waals surface area (Å²) in [6, 6.07) is 9.85. The van der Waals surface area contributed by atoms with Crippen LogP contribution >= 0.6 is 0 Å². The SMILES string of the molecule is COc1ccc(C(N)c2cc(C)cc(F)c2)cc1OC. The minimum Gasteiger partial charge on any atom is -0.493 e. The fourth-order valence-electron chi connectivity index (χ4n) is 2.18. The van der Waals surface area contributed by atoms with Crippen molar-refractivity contribution in [3.05, 3.63) is 58.9 Å². The van der Waals surface area contributed by atoms with Crippen molar-refractivity contribution in [1.82, 2.24) is 0 Å². The quantitative estimate of drug-likeness (QED) is 0.932. The van der Waals surface area contributed by atoms with Gasteiger partial charge in [0.05, 0.1) is 20.3 Å². The van der Waals surface area contributed by atoms with Crippen molar-refractivity contribution in [2.24, 2.45) is 5.73 Å². The monoisotopic (exact) mass is 275 g/mol. The highest BCUT2D eigenvalue weighted by Crippen LogP contribution is 2.31. The second-order valence-electron chi connectivity index (χ2n) is 4.65. The third-order valence-electron chi connectivity index (χ3n) is 3.19. The van der Waals surface area contributed by atoms with Crippen LogP contribution in [0.15, 0.2) is 36.4 Å². The average Bonchev–Trinajstić information content (AvgIpc) is 2.44. The number of halogens is 1. The molecule has 0 saturated carbocycles. The van der Waals surface area contributed by atoms with Gasteiger partial charge in [0.25, 0.3) is 0 Å². The number of aryl methyl sites for hydroxylation is 1. The van der Waals surface area contributed by atoms with Gasteiger partial charge in [-0.05, 0) is 47.9 Å². The molecule has 4 heteroatoms. The number of ether oxygens (including phenoxy) is 2. The third-order valence-corrected chi connectivity index (χ3v) is 3.19. The summed E-state index contributed by atoms with van der Waals surface area (Å²) in [6.45, 7) is 1.84. The summed E-state index contributed by atoms with van der Waals surface area (Å²) in [5, 5.41) is 0. The lowest BCUT2D eigenvalue weighted by Crippen LogP contribution is -2.12. The zero-order valence-corrected chi connectivity index (χ0v) is 11.8. The molecule has 0 radical (unpaired) electrons. The summed E-state index contributed by atoms with van der Waals surface area (Å²) in [7, 11) is 3.15. The standard InChI is InChI=1S/C16H18FNO2/c1-10-6-12(8-13(17)7-10)16(18)11-4-5-14(19-2)15(9-11)20-3/h4-9,16H,18H2,1-3H3. The van der Waals surface area contributed by atoms with Crippen molar-refractivity contribution in [2.45, 2.75) is 13.0 Å². The van der Waals surface area contributed by atoms with E-state index in [2.05, 4.69) is 0 Å². The van der Waals surface area contributed by atoms with Crippen LogP contribution in [0.3, 0.4) is 0 Å². The summed E-state index contributed by atoms with van der Waals surface area (Å²) in [5.74, 6) is 0.961. The highest BCUT2D eigenvalue weighted by molar-refractivity contribution is 5.46. The predicted octanol–water partition coefficient (Wildman–Crippen LogP) is 3.20. The Balaban J connectivity index is 2.39. The lowest BCUT2D eigenvalue weighted by Gasteiger charge is -2.16. The van der Waals surface area contributed by atoms with E-state index < -0.39 is 6.04 Å². The topological polar surface area (TPSA) is 44.5 Å². The molecule has 2 N–H and O–H groups in total. The maximum absolute atomic E-state index is 13.5. The Morgan fingerprint density at radius 1 is 0.950 bits per heavy atom. The van der Waals surface area contributed by atoms with Gasteiger partial charge in [-0.25, -0.2) is 4.39 Å². The fraction of sp³-hybridized carbons (Fsp3) is 0.250. The molecule has 0 spiro atoms. The van der Waals surface area contributed by atoms with Gasteiger partial charge in [-0.3, -0.25) is 0 Å². The van der Waals surface area contributed by atoms with Crippen LogP contribution in [0.25, 0.3) is 0 Å². The molecule has 0 aromatic heterocycles. The summed E-state index contributed by atoms with van der Waals surface area (Å²) < 4.78 is 23.9. The molecule has 106 valence electrons. The fourth-order valence-corrected chi connectivity index (χ4v) is 2.18. The minimum absolute atomic E-state index is 0.282. The van der Waals surface area contributed by atoms with Crippen molar-refractivity contribution in [3.8, 4) is 11.5 Å². The Hall–Kier alpha value is -2.07. The molecule has 0 aliphatic rings. The molecule has 2 rings (SSSR count). The van der Waals surface area contributed by atoms with Gasteiger partial charge in [0, 0.05) is 0 Å². The number of hydrogen-bond donors (Lipinski definition) is 1. The van der Waals surface area contributed by atoms with Crippen molar-refractivity contribution in [1.29, 1.82) is 0 Å². The van der Waals surface area contributed by atoms with Crippen LogP contribution < -0.4 is 15.2 Å². The maximum atomic E-state index is 13.5. The van der Waals surface area contributed by atoms with Gasteiger partial charge < -0.3 is 15.2 Å². The summed E-state index contributed by atoms with van der Waals surface area (Å²) >= 11 is 0. The Morgan fingerprint density at radius 3 is 2.25 bits per heavy atom. The van der Waals surface area contributed by atoms with E-state index >= 15 is 0 Å². The minimum atomic E-state index is -0.413. The molecule has 0 heterocycles. The van der Waals surface area contributed by atoms with Crippen LogP contribution in [0.5, 0.6) is 11.5 Å². The second kappa shape index (κ2) is 5.92. The normalized spacial score (nSPS) is 12.1. The van der Waals surface area contributed by atoms with Crippen LogP contribution in [0.4, 0.5) is 4.39 Å². The molecule has 2 aromatic carbocycles. The molecular formula is C16H18FNO2. The summed E-state index contributed by atoms with van der Waals surface area (Å²) in [4.78, 5) is 0. The molecule has 0 amide bonds. The maximum Gasteiger partial charge on any atom is 0.161 e. The second-order valence-corrected chi connectivity index (χ2v) is 4.65. The van der Waals surface area contributed by atoms with E-state index in [4.69, 9.17) is 15.2 Å².